The number of amides is 2. The van der Waals surface area contributed by atoms with E-state index in [2.05, 4.69) is 20.3 Å². The number of para-hydroxylation sites is 2. The van der Waals surface area contributed by atoms with E-state index >= 15 is 0 Å². The number of carbonyl (C=O) groups excluding carboxylic acids is 2. The molecule has 1 saturated heterocycles. The van der Waals surface area contributed by atoms with Crippen LogP contribution in [0.4, 0.5) is 11.4 Å². The fraction of sp³-hybridized carbons (Fsp3) is 0.391. The van der Waals surface area contributed by atoms with Gasteiger partial charge in [0.25, 0.3) is 5.91 Å². The number of hydrogen-bond acceptors (Lipinski definition) is 5. The van der Waals surface area contributed by atoms with Crippen molar-refractivity contribution in [2.45, 2.75) is 39.7 Å². The van der Waals surface area contributed by atoms with E-state index < -0.39 is 0 Å². The molecule has 1 aromatic carbocycles. The number of aromatic nitrogens is 3. The quantitative estimate of drug-likeness (QED) is 0.659. The number of hydrogen-bond donors (Lipinski definition) is 2. The lowest BCUT2D eigenvalue weighted by molar-refractivity contribution is -0.122. The highest BCUT2D eigenvalue weighted by Gasteiger charge is 2.25. The average Bonchev–Trinajstić information content (AvgIpc) is 3.16. The molecule has 8 heteroatoms. The topological polar surface area (TPSA) is 106 Å². The smallest absolute Gasteiger partial charge is 0.257 e. The van der Waals surface area contributed by atoms with Crippen molar-refractivity contribution in [2.24, 2.45) is 11.7 Å². The second-order valence-corrected chi connectivity index (χ2v) is 8.35. The Hall–Kier alpha value is -3.42. The van der Waals surface area contributed by atoms with E-state index in [0.717, 1.165) is 48.3 Å². The minimum Gasteiger partial charge on any atom is -0.370 e. The summed E-state index contributed by atoms with van der Waals surface area (Å²) in [6.07, 6.45) is 3.18. The minimum absolute atomic E-state index is 0.0785. The molecule has 0 aliphatic carbocycles. The zero-order valence-corrected chi connectivity index (χ0v) is 18.1. The van der Waals surface area contributed by atoms with Gasteiger partial charge in [0, 0.05) is 30.4 Å². The van der Waals surface area contributed by atoms with Gasteiger partial charge in [0.1, 0.15) is 0 Å². The van der Waals surface area contributed by atoms with Gasteiger partial charge in [-0.2, -0.15) is 5.10 Å². The Morgan fingerprint density at radius 1 is 1.19 bits per heavy atom. The standard InChI is InChI=1S/C23H28N6O2/c1-14(2)29-22-17(13-25-29)12-18(15(3)26-22)23(31)27-19-6-4-5-7-20(19)28-10-8-16(9-11-28)21(24)30/h4-7,12-14,16H,8-11H2,1-3H3,(H2,24,30)(H,27,31). The molecule has 1 aliphatic rings. The van der Waals surface area contributed by atoms with Gasteiger partial charge in [-0.3, -0.25) is 9.59 Å². The van der Waals surface area contributed by atoms with Crippen molar-refractivity contribution in [3.05, 3.63) is 47.8 Å². The number of fused-ring (bicyclic) bond motifs is 1. The lowest BCUT2D eigenvalue weighted by Crippen LogP contribution is -2.38. The number of benzene rings is 1. The van der Waals surface area contributed by atoms with Crippen LogP contribution in [0.3, 0.4) is 0 Å². The molecule has 0 unspecified atom stereocenters. The van der Waals surface area contributed by atoms with Crippen molar-refractivity contribution in [3.8, 4) is 0 Å². The van der Waals surface area contributed by atoms with Crippen molar-refractivity contribution in [3.63, 3.8) is 0 Å². The second kappa shape index (κ2) is 8.37. The zero-order valence-electron chi connectivity index (χ0n) is 18.1. The number of carbonyl (C=O) groups is 2. The van der Waals surface area contributed by atoms with Crippen LogP contribution in [-0.2, 0) is 4.79 Å². The Morgan fingerprint density at radius 3 is 2.58 bits per heavy atom. The number of aryl methyl sites for hydroxylation is 1. The highest BCUT2D eigenvalue weighted by atomic mass is 16.2. The molecule has 0 radical (unpaired) electrons. The number of pyridine rings is 1. The molecule has 31 heavy (non-hydrogen) atoms. The molecule has 0 spiro atoms. The van der Waals surface area contributed by atoms with Gasteiger partial charge in [-0.25, -0.2) is 9.67 Å². The summed E-state index contributed by atoms with van der Waals surface area (Å²) in [6, 6.07) is 9.77. The number of rotatable bonds is 5. The van der Waals surface area contributed by atoms with Crippen LogP contribution in [0.1, 0.15) is 48.8 Å². The SMILES string of the molecule is Cc1nc2c(cnn2C(C)C)cc1C(=O)Nc1ccccc1N1CCC(C(N)=O)CC1. The lowest BCUT2D eigenvalue weighted by atomic mass is 9.96. The third-order valence-electron chi connectivity index (χ3n) is 5.88. The maximum atomic E-state index is 13.1. The van der Waals surface area contributed by atoms with Gasteiger partial charge in [-0.15, -0.1) is 0 Å². The van der Waals surface area contributed by atoms with Gasteiger partial charge >= 0.3 is 0 Å². The maximum absolute atomic E-state index is 13.1. The number of nitrogens with zero attached hydrogens (tertiary/aromatic N) is 4. The van der Waals surface area contributed by atoms with Gasteiger partial charge in [-0.05, 0) is 51.8 Å². The van der Waals surface area contributed by atoms with E-state index in [1.165, 1.54) is 0 Å². The molecule has 0 atom stereocenters. The Morgan fingerprint density at radius 2 is 1.90 bits per heavy atom. The van der Waals surface area contributed by atoms with Crippen molar-refractivity contribution in [1.29, 1.82) is 0 Å². The molecular formula is C23H28N6O2. The van der Waals surface area contributed by atoms with Crippen molar-refractivity contribution >= 4 is 34.2 Å². The second-order valence-electron chi connectivity index (χ2n) is 8.35. The van der Waals surface area contributed by atoms with Gasteiger partial charge in [-0.1, -0.05) is 12.1 Å². The van der Waals surface area contributed by atoms with Gasteiger partial charge in [0.15, 0.2) is 5.65 Å². The summed E-state index contributed by atoms with van der Waals surface area (Å²) in [5, 5.41) is 8.29. The van der Waals surface area contributed by atoms with E-state index in [1.807, 2.05) is 55.8 Å². The lowest BCUT2D eigenvalue weighted by Gasteiger charge is -2.33. The molecule has 3 aromatic rings. The first kappa shape index (κ1) is 20.8. The fourth-order valence-electron chi connectivity index (χ4n) is 4.12. The van der Waals surface area contributed by atoms with Crippen LogP contribution in [0.15, 0.2) is 36.5 Å². The van der Waals surface area contributed by atoms with E-state index in [0.29, 0.717) is 11.3 Å². The summed E-state index contributed by atoms with van der Waals surface area (Å²) >= 11 is 0. The first-order valence-corrected chi connectivity index (χ1v) is 10.6. The van der Waals surface area contributed by atoms with E-state index in [4.69, 9.17) is 5.73 Å². The predicted molar refractivity (Wildman–Crippen MR) is 121 cm³/mol. The zero-order chi connectivity index (χ0) is 22.1. The summed E-state index contributed by atoms with van der Waals surface area (Å²) in [6.45, 7) is 7.38. The Balaban J connectivity index is 1.57. The molecular weight excluding hydrogens is 392 g/mol. The van der Waals surface area contributed by atoms with E-state index in [1.54, 1.807) is 6.20 Å². The molecule has 4 rings (SSSR count). The van der Waals surface area contributed by atoms with Crippen LogP contribution in [0.25, 0.3) is 11.0 Å². The summed E-state index contributed by atoms with van der Waals surface area (Å²) < 4.78 is 1.86. The van der Waals surface area contributed by atoms with Gasteiger partial charge in [0.05, 0.1) is 28.8 Å². The molecule has 1 fully saturated rings. The number of anilines is 2. The van der Waals surface area contributed by atoms with Crippen LogP contribution in [0.2, 0.25) is 0 Å². The number of nitrogens with one attached hydrogen (secondary N) is 1. The molecule has 1 aliphatic heterocycles. The van der Waals surface area contributed by atoms with Gasteiger partial charge < -0.3 is 16.0 Å². The van der Waals surface area contributed by atoms with Gasteiger partial charge in [0.2, 0.25) is 5.91 Å². The first-order valence-electron chi connectivity index (χ1n) is 10.6. The maximum Gasteiger partial charge on any atom is 0.257 e. The third-order valence-corrected chi connectivity index (χ3v) is 5.88. The average molecular weight is 421 g/mol. The molecule has 3 N–H and O–H groups in total. The van der Waals surface area contributed by atoms with Crippen LogP contribution in [0, 0.1) is 12.8 Å². The summed E-state index contributed by atoms with van der Waals surface area (Å²) in [4.78, 5) is 31.4. The molecule has 2 aromatic heterocycles. The van der Waals surface area contributed by atoms with Crippen molar-refractivity contribution in [2.75, 3.05) is 23.3 Å². The molecule has 3 heterocycles. The molecule has 0 saturated carbocycles. The molecule has 0 bridgehead atoms. The van der Waals surface area contributed by atoms with Crippen LogP contribution in [-0.4, -0.2) is 39.7 Å². The highest BCUT2D eigenvalue weighted by Crippen LogP contribution is 2.30. The Kier molecular flexibility index (Phi) is 5.63. The predicted octanol–water partition coefficient (Wildman–Crippen LogP) is 3.27. The summed E-state index contributed by atoms with van der Waals surface area (Å²) in [5.74, 6) is -0.519. The number of piperidine rings is 1. The van der Waals surface area contributed by atoms with Crippen LogP contribution < -0.4 is 16.0 Å². The monoisotopic (exact) mass is 420 g/mol. The molecule has 2 amide bonds. The normalized spacial score (nSPS) is 14.9. The van der Waals surface area contributed by atoms with Crippen molar-refractivity contribution in [1.82, 2.24) is 14.8 Å². The first-order chi connectivity index (χ1) is 14.8. The fourth-order valence-corrected chi connectivity index (χ4v) is 4.12. The van der Waals surface area contributed by atoms with E-state index in [9.17, 15) is 9.59 Å². The minimum atomic E-state index is -0.236. The van der Waals surface area contributed by atoms with Crippen LogP contribution in [0.5, 0.6) is 0 Å². The van der Waals surface area contributed by atoms with Crippen molar-refractivity contribution < 1.29 is 9.59 Å². The third kappa shape index (κ3) is 4.10. The largest absolute Gasteiger partial charge is 0.370 e. The number of nitrogens with two attached hydrogens (primary N) is 1. The van der Waals surface area contributed by atoms with Crippen LogP contribution >= 0.6 is 0 Å². The number of primary amides is 1. The molecule has 8 nitrogen and oxygen atoms in total. The Bertz CT molecular complexity index is 1130. The summed E-state index contributed by atoms with van der Waals surface area (Å²) in [5.41, 5.74) is 9.10. The summed E-state index contributed by atoms with van der Waals surface area (Å²) in [7, 11) is 0. The highest BCUT2D eigenvalue weighted by molar-refractivity contribution is 6.08. The molecule has 162 valence electrons. The van der Waals surface area contributed by atoms with E-state index in [-0.39, 0.29) is 23.8 Å². The Labute approximate surface area is 181 Å².